The van der Waals surface area contributed by atoms with Crippen LogP contribution in [0.25, 0.3) is 0 Å². The minimum Gasteiger partial charge on any atom is -0.383 e. The maximum Gasteiger partial charge on any atom is 0.0642 e. The van der Waals surface area contributed by atoms with Crippen LogP contribution in [-0.2, 0) is 4.74 Å². The molecule has 1 saturated carbocycles. The first kappa shape index (κ1) is 12.0. The molecule has 0 bridgehead atoms. The van der Waals surface area contributed by atoms with Crippen LogP contribution in [0.4, 0.5) is 0 Å². The van der Waals surface area contributed by atoms with E-state index in [0.29, 0.717) is 12.0 Å². The minimum atomic E-state index is -0.0451. The van der Waals surface area contributed by atoms with E-state index in [1.807, 2.05) is 0 Å². The maximum atomic E-state index is 6.25. The van der Waals surface area contributed by atoms with Gasteiger partial charge in [-0.1, -0.05) is 20.8 Å². The molecule has 0 spiro atoms. The van der Waals surface area contributed by atoms with Crippen LogP contribution in [0.15, 0.2) is 0 Å². The summed E-state index contributed by atoms with van der Waals surface area (Å²) < 4.78 is 5.18. The summed E-state index contributed by atoms with van der Waals surface area (Å²) in [5, 5.41) is 0. The van der Waals surface area contributed by atoms with Crippen molar-refractivity contribution in [1.82, 2.24) is 0 Å². The third kappa shape index (κ3) is 2.96. The molecule has 0 saturated heterocycles. The molecule has 1 aliphatic rings. The van der Waals surface area contributed by atoms with Crippen molar-refractivity contribution >= 4 is 0 Å². The molecule has 0 aromatic rings. The molecule has 2 nitrogen and oxygen atoms in total. The third-order valence-corrected chi connectivity index (χ3v) is 3.64. The van der Waals surface area contributed by atoms with Crippen molar-refractivity contribution in [1.29, 1.82) is 0 Å². The quantitative estimate of drug-likeness (QED) is 0.742. The van der Waals surface area contributed by atoms with Crippen molar-refractivity contribution in [2.45, 2.75) is 52.0 Å². The second-order valence-corrected chi connectivity index (χ2v) is 5.94. The number of hydrogen-bond acceptors (Lipinski definition) is 2. The van der Waals surface area contributed by atoms with Crippen molar-refractivity contribution < 1.29 is 4.74 Å². The molecule has 0 radical (unpaired) electrons. The molecule has 0 heterocycles. The first-order valence-electron chi connectivity index (χ1n) is 5.65. The molecule has 2 heteroatoms. The van der Waals surface area contributed by atoms with Crippen LogP contribution in [0.5, 0.6) is 0 Å². The van der Waals surface area contributed by atoms with Crippen molar-refractivity contribution in [3.8, 4) is 0 Å². The molecule has 2 N–H and O–H groups in total. The molecule has 0 unspecified atom stereocenters. The molecule has 0 amide bonds. The van der Waals surface area contributed by atoms with Gasteiger partial charge in [-0.2, -0.15) is 0 Å². The SMILES string of the molecule is COCC1(N)CCC(C(C)(C)C)CC1. The molecule has 0 aromatic carbocycles. The highest BCUT2D eigenvalue weighted by molar-refractivity contribution is 4.92. The van der Waals surface area contributed by atoms with Gasteiger partial charge in [0.2, 0.25) is 0 Å². The standard InChI is InChI=1S/C12H25NO/c1-11(2,3)10-5-7-12(13,8-6-10)9-14-4/h10H,5-9,13H2,1-4H3. The van der Waals surface area contributed by atoms with E-state index in [1.165, 1.54) is 12.8 Å². The molecule has 84 valence electrons. The Morgan fingerprint density at radius 3 is 2.14 bits per heavy atom. The summed E-state index contributed by atoms with van der Waals surface area (Å²) in [6.07, 6.45) is 4.73. The normalized spacial score (nSPS) is 34.5. The van der Waals surface area contributed by atoms with Crippen LogP contribution in [0.1, 0.15) is 46.5 Å². The lowest BCUT2D eigenvalue weighted by Gasteiger charge is -2.41. The second-order valence-electron chi connectivity index (χ2n) is 5.94. The number of nitrogens with two attached hydrogens (primary N) is 1. The van der Waals surface area contributed by atoms with Gasteiger partial charge in [0.1, 0.15) is 0 Å². The van der Waals surface area contributed by atoms with Gasteiger partial charge in [0.25, 0.3) is 0 Å². The van der Waals surface area contributed by atoms with E-state index in [-0.39, 0.29) is 5.54 Å². The third-order valence-electron chi connectivity index (χ3n) is 3.64. The van der Waals surface area contributed by atoms with E-state index in [0.717, 1.165) is 18.8 Å². The molecule has 1 aliphatic carbocycles. The Balaban J connectivity index is 2.45. The second kappa shape index (κ2) is 4.19. The van der Waals surface area contributed by atoms with E-state index >= 15 is 0 Å². The fourth-order valence-electron chi connectivity index (χ4n) is 2.49. The van der Waals surface area contributed by atoms with Crippen molar-refractivity contribution in [3.63, 3.8) is 0 Å². The highest BCUT2D eigenvalue weighted by Gasteiger charge is 2.35. The van der Waals surface area contributed by atoms with E-state index in [9.17, 15) is 0 Å². The lowest BCUT2D eigenvalue weighted by molar-refractivity contribution is 0.0697. The average Bonchev–Trinajstić information content (AvgIpc) is 2.03. The highest BCUT2D eigenvalue weighted by Crippen LogP contribution is 2.40. The van der Waals surface area contributed by atoms with Crippen LogP contribution < -0.4 is 5.73 Å². The van der Waals surface area contributed by atoms with Crippen LogP contribution in [-0.4, -0.2) is 19.3 Å². The summed E-state index contributed by atoms with van der Waals surface area (Å²) >= 11 is 0. The molecule has 1 fully saturated rings. The summed E-state index contributed by atoms with van der Waals surface area (Å²) in [7, 11) is 1.74. The van der Waals surface area contributed by atoms with Crippen molar-refractivity contribution in [2.24, 2.45) is 17.1 Å². The molecule has 0 aromatic heterocycles. The molecule has 0 atom stereocenters. The Morgan fingerprint density at radius 2 is 1.79 bits per heavy atom. The first-order chi connectivity index (χ1) is 6.37. The van der Waals surface area contributed by atoms with Gasteiger partial charge in [-0.3, -0.25) is 0 Å². The Labute approximate surface area is 88.2 Å². The van der Waals surface area contributed by atoms with Crippen LogP contribution in [0.3, 0.4) is 0 Å². The lowest BCUT2D eigenvalue weighted by atomic mass is 9.68. The fraction of sp³-hybridized carbons (Fsp3) is 1.00. The topological polar surface area (TPSA) is 35.2 Å². The van der Waals surface area contributed by atoms with E-state index < -0.39 is 0 Å². The summed E-state index contributed by atoms with van der Waals surface area (Å²) in [4.78, 5) is 0. The van der Waals surface area contributed by atoms with Gasteiger partial charge >= 0.3 is 0 Å². The molecule has 0 aliphatic heterocycles. The lowest BCUT2D eigenvalue weighted by Crippen LogP contribution is -2.48. The fourth-order valence-corrected chi connectivity index (χ4v) is 2.49. The molecular formula is C12H25NO. The number of ether oxygens (including phenoxy) is 1. The predicted molar refractivity (Wildman–Crippen MR) is 60.2 cm³/mol. The minimum absolute atomic E-state index is 0.0451. The maximum absolute atomic E-state index is 6.25. The number of rotatable bonds is 2. The summed E-state index contributed by atoms with van der Waals surface area (Å²) in [6, 6.07) is 0. The zero-order valence-electron chi connectivity index (χ0n) is 10.1. The van der Waals surface area contributed by atoms with Gasteiger partial charge in [-0.15, -0.1) is 0 Å². The van der Waals surface area contributed by atoms with Crippen molar-refractivity contribution in [2.75, 3.05) is 13.7 Å². The van der Waals surface area contributed by atoms with Gasteiger partial charge in [0.05, 0.1) is 6.61 Å². The average molecular weight is 199 g/mol. The predicted octanol–water partition coefficient (Wildman–Crippen LogP) is 2.57. The zero-order chi connectivity index (χ0) is 10.8. The highest BCUT2D eigenvalue weighted by atomic mass is 16.5. The molecule has 1 rings (SSSR count). The molecular weight excluding hydrogens is 174 g/mol. The van der Waals surface area contributed by atoms with Gasteiger partial charge in [-0.05, 0) is 37.0 Å². The zero-order valence-corrected chi connectivity index (χ0v) is 10.1. The smallest absolute Gasteiger partial charge is 0.0642 e. The van der Waals surface area contributed by atoms with Crippen LogP contribution in [0, 0.1) is 11.3 Å². The first-order valence-corrected chi connectivity index (χ1v) is 5.65. The Bertz CT molecular complexity index is 175. The van der Waals surface area contributed by atoms with E-state index in [1.54, 1.807) is 7.11 Å². The van der Waals surface area contributed by atoms with Crippen LogP contribution >= 0.6 is 0 Å². The van der Waals surface area contributed by atoms with Crippen molar-refractivity contribution in [3.05, 3.63) is 0 Å². The summed E-state index contributed by atoms with van der Waals surface area (Å²) in [5.74, 6) is 0.830. The largest absolute Gasteiger partial charge is 0.383 e. The van der Waals surface area contributed by atoms with Gasteiger partial charge in [0.15, 0.2) is 0 Å². The summed E-state index contributed by atoms with van der Waals surface area (Å²) in [5.41, 5.74) is 6.64. The number of methoxy groups -OCH3 is 1. The van der Waals surface area contributed by atoms with E-state index in [4.69, 9.17) is 10.5 Å². The van der Waals surface area contributed by atoms with Gasteiger partial charge in [0, 0.05) is 12.6 Å². The van der Waals surface area contributed by atoms with Gasteiger partial charge < -0.3 is 10.5 Å². The Morgan fingerprint density at radius 1 is 1.29 bits per heavy atom. The Kier molecular flexibility index (Phi) is 3.59. The van der Waals surface area contributed by atoms with Crippen LogP contribution in [0.2, 0.25) is 0 Å². The van der Waals surface area contributed by atoms with Gasteiger partial charge in [-0.25, -0.2) is 0 Å². The molecule has 14 heavy (non-hydrogen) atoms. The summed E-state index contributed by atoms with van der Waals surface area (Å²) in [6.45, 7) is 7.70. The monoisotopic (exact) mass is 199 g/mol. The number of hydrogen-bond donors (Lipinski definition) is 1. The van der Waals surface area contributed by atoms with E-state index in [2.05, 4.69) is 20.8 Å². The Hall–Kier alpha value is -0.0800.